The number of aromatic nitrogens is 3. The van der Waals surface area contributed by atoms with Crippen LogP contribution < -0.4 is 11.3 Å². The highest BCUT2D eigenvalue weighted by Crippen LogP contribution is 2.36. The molecule has 14 heteroatoms. The van der Waals surface area contributed by atoms with Crippen LogP contribution in [-0.4, -0.2) is 39.2 Å². The Morgan fingerprint density at radius 2 is 1.86 bits per heavy atom. The van der Waals surface area contributed by atoms with E-state index in [-0.39, 0.29) is 11.9 Å². The van der Waals surface area contributed by atoms with E-state index in [1.54, 1.807) is 0 Å². The fraction of sp³-hybridized carbons (Fsp3) is 0.357. The van der Waals surface area contributed by atoms with Crippen molar-refractivity contribution in [2.75, 3.05) is 6.54 Å². The van der Waals surface area contributed by atoms with Crippen LogP contribution in [0.25, 0.3) is 11.4 Å². The maximum absolute atomic E-state index is 13.3. The quantitative estimate of drug-likeness (QED) is 0.592. The first-order valence-electron chi connectivity index (χ1n) is 7.25. The van der Waals surface area contributed by atoms with Crippen LogP contribution in [0.15, 0.2) is 22.2 Å². The van der Waals surface area contributed by atoms with Gasteiger partial charge in [0.1, 0.15) is 6.54 Å². The number of H-pyrrole nitrogens is 1. The van der Waals surface area contributed by atoms with Gasteiger partial charge < -0.3 is 10.7 Å². The molecule has 0 aliphatic carbocycles. The van der Waals surface area contributed by atoms with Gasteiger partial charge in [0.05, 0.1) is 5.56 Å². The summed E-state index contributed by atoms with van der Waals surface area (Å²) in [4.78, 5) is 21.0. The predicted molar refractivity (Wildman–Crippen MR) is 82.1 cm³/mol. The molecule has 0 aliphatic rings. The molecule has 2 heterocycles. The van der Waals surface area contributed by atoms with Crippen LogP contribution in [0.5, 0.6) is 0 Å². The molecule has 28 heavy (non-hydrogen) atoms. The van der Waals surface area contributed by atoms with E-state index in [9.17, 15) is 39.9 Å². The second kappa shape index (κ2) is 6.91. The lowest BCUT2D eigenvalue weighted by atomic mass is 10.1. The molecule has 3 N–H and O–H groups in total. The monoisotopic (exact) mass is 417 g/mol. The van der Waals surface area contributed by atoms with Gasteiger partial charge >= 0.3 is 18.3 Å². The van der Waals surface area contributed by atoms with Crippen molar-refractivity contribution in [1.82, 2.24) is 14.4 Å². The molecule has 2 aromatic rings. The number of hydrogen-bond donors (Lipinski definition) is 2. The van der Waals surface area contributed by atoms with Crippen molar-refractivity contribution in [3.8, 4) is 0 Å². The summed E-state index contributed by atoms with van der Waals surface area (Å²) in [6.45, 7) is -0.670. The lowest BCUT2D eigenvalue weighted by molar-refractivity contribution is -0.276. The first-order valence-corrected chi connectivity index (χ1v) is 7.25. The number of imidazole rings is 1. The van der Waals surface area contributed by atoms with Crippen molar-refractivity contribution < 1.29 is 35.1 Å². The van der Waals surface area contributed by atoms with Crippen LogP contribution >= 0.6 is 0 Å². The third kappa shape index (κ3) is 3.99. The van der Waals surface area contributed by atoms with E-state index in [2.05, 4.69) is 15.0 Å². The molecule has 0 spiro atoms. The van der Waals surface area contributed by atoms with Crippen molar-refractivity contribution >= 4 is 17.6 Å². The van der Waals surface area contributed by atoms with Gasteiger partial charge in [0.25, 0.3) is 5.56 Å². The lowest BCUT2D eigenvalue weighted by Crippen LogP contribution is -2.39. The molecule has 2 aromatic heterocycles. The largest absolute Gasteiger partial charge is 0.455 e. The number of alkyl halides is 8. The Morgan fingerprint density at radius 1 is 1.25 bits per heavy atom. The van der Waals surface area contributed by atoms with Gasteiger partial charge in [-0.15, -0.1) is 0 Å². The fourth-order valence-corrected chi connectivity index (χ4v) is 2.15. The van der Waals surface area contributed by atoms with Crippen LogP contribution in [0.3, 0.4) is 0 Å². The van der Waals surface area contributed by atoms with Crippen LogP contribution in [0, 0.1) is 6.92 Å². The topological polar surface area (TPSA) is 88.5 Å². The number of nitrogens with one attached hydrogen (secondary N) is 1. The zero-order chi connectivity index (χ0) is 21.5. The highest BCUT2D eigenvalue weighted by molar-refractivity contribution is 6.10. The average Bonchev–Trinajstić information content (AvgIpc) is 2.91. The van der Waals surface area contributed by atoms with Crippen LogP contribution in [-0.2, 0) is 6.18 Å². The second-order valence-electron chi connectivity index (χ2n) is 5.56. The summed E-state index contributed by atoms with van der Waals surface area (Å²) in [6, 6.07) is 0. The minimum absolute atomic E-state index is 0.235. The van der Waals surface area contributed by atoms with Gasteiger partial charge in [-0.25, -0.2) is 4.98 Å². The van der Waals surface area contributed by atoms with E-state index in [0.717, 1.165) is 6.20 Å². The number of aliphatic imine (C=N–C) groups is 1. The molecule has 154 valence electrons. The predicted octanol–water partition coefficient (Wildman–Crippen LogP) is 2.92. The smallest absolute Gasteiger partial charge is 0.404 e. The van der Waals surface area contributed by atoms with E-state index in [4.69, 9.17) is 5.73 Å². The summed E-state index contributed by atoms with van der Waals surface area (Å²) in [5, 5.41) is 0. The summed E-state index contributed by atoms with van der Waals surface area (Å²) < 4.78 is 103. The van der Waals surface area contributed by atoms with Gasteiger partial charge in [-0.05, 0) is 6.92 Å². The van der Waals surface area contributed by atoms with Gasteiger partial charge in [-0.2, -0.15) is 35.1 Å². The first kappa shape index (κ1) is 21.4. The highest BCUT2D eigenvalue weighted by Gasteiger charge is 2.57. The number of rotatable bonds is 4. The van der Waals surface area contributed by atoms with Gasteiger partial charge in [0.2, 0.25) is 5.78 Å². The van der Waals surface area contributed by atoms with Gasteiger partial charge in [0, 0.05) is 29.9 Å². The van der Waals surface area contributed by atoms with E-state index in [1.165, 1.54) is 6.92 Å². The number of allylic oxidation sites excluding steroid dienone is 1. The van der Waals surface area contributed by atoms with Crippen molar-refractivity contribution in [3.63, 3.8) is 0 Å². The Morgan fingerprint density at radius 3 is 2.36 bits per heavy atom. The molecule has 0 aliphatic heterocycles. The molecular formula is C14H11F8N5O. The van der Waals surface area contributed by atoms with E-state index in [1.807, 2.05) is 0 Å². The van der Waals surface area contributed by atoms with E-state index < -0.39 is 53.0 Å². The normalized spacial score (nSPS) is 14.4. The Balaban J connectivity index is 2.59. The molecule has 0 amide bonds. The zero-order valence-corrected chi connectivity index (χ0v) is 13.8. The first-order chi connectivity index (χ1) is 12.7. The molecule has 6 nitrogen and oxygen atoms in total. The molecule has 0 aromatic carbocycles. The zero-order valence-electron chi connectivity index (χ0n) is 13.8. The maximum atomic E-state index is 13.3. The van der Waals surface area contributed by atoms with Crippen LogP contribution in [0.2, 0.25) is 0 Å². The van der Waals surface area contributed by atoms with Crippen molar-refractivity contribution in [1.29, 1.82) is 0 Å². The lowest BCUT2D eigenvalue weighted by Gasteiger charge is -2.17. The summed E-state index contributed by atoms with van der Waals surface area (Å²) in [6.07, 6.45) is -9.28. The summed E-state index contributed by atoms with van der Waals surface area (Å²) >= 11 is 0. The van der Waals surface area contributed by atoms with Gasteiger partial charge in [-0.3, -0.25) is 14.2 Å². The molecule has 0 fully saturated rings. The van der Waals surface area contributed by atoms with Crippen molar-refractivity contribution in [2.24, 2.45) is 10.7 Å². The maximum Gasteiger partial charge on any atom is 0.455 e. The molecular weight excluding hydrogens is 406 g/mol. The SMILES string of the molecule is Cc1cn2c(=O)c(C(C=NCC(F)(F)C(F)(F)F)=CN)c(C(F)(F)F)nc2[nH]1. The average molecular weight is 417 g/mol. The van der Waals surface area contributed by atoms with Gasteiger partial charge in [-0.1, -0.05) is 0 Å². The third-order valence-electron chi connectivity index (χ3n) is 3.42. The number of fused-ring (bicyclic) bond motifs is 1. The summed E-state index contributed by atoms with van der Waals surface area (Å²) in [5.74, 6) is -5.67. The number of nitrogens with zero attached hydrogens (tertiary/aromatic N) is 3. The number of aryl methyl sites for hydroxylation is 1. The third-order valence-corrected chi connectivity index (χ3v) is 3.42. The second-order valence-corrected chi connectivity index (χ2v) is 5.56. The minimum atomic E-state index is -5.91. The number of halogens is 8. The Labute approximate surface area is 150 Å². The minimum Gasteiger partial charge on any atom is -0.404 e. The standard InChI is InChI=1S/C14H11F8N5O/c1-6-4-27-10(28)8(9(13(17,18)19)26-11(27)25-6)7(2-23)3-24-5-12(15,16)14(20,21)22/h2-4H,5,23H2,1H3,(H,25,26). The number of nitrogens with two attached hydrogens (primary N) is 1. The molecule has 0 unspecified atom stereocenters. The molecule has 0 bridgehead atoms. The van der Waals surface area contributed by atoms with Crippen LogP contribution in [0.1, 0.15) is 17.0 Å². The molecule has 0 saturated carbocycles. The molecule has 0 saturated heterocycles. The van der Waals surface area contributed by atoms with Gasteiger partial charge in [0.15, 0.2) is 5.69 Å². The Kier molecular flexibility index (Phi) is 5.27. The summed E-state index contributed by atoms with van der Waals surface area (Å²) in [7, 11) is 0. The van der Waals surface area contributed by atoms with Crippen LogP contribution in [0.4, 0.5) is 35.1 Å². The molecule has 2 rings (SSSR count). The fourth-order valence-electron chi connectivity index (χ4n) is 2.15. The van der Waals surface area contributed by atoms with Crippen molar-refractivity contribution in [3.05, 3.63) is 39.7 Å². The molecule has 0 atom stereocenters. The Hall–Kier alpha value is -2.93. The Bertz CT molecular complexity index is 996. The summed E-state index contributed by atoms with van der Waals surface area (Å²) in [5.41, 5.74) is 0.495. The van der Waals surface area contributed by atoms with E-state index in [0.29, 0.717) is 10.6 Å². The van der Waals surface area contributed by atoms with E-state index >= 15 is 0 Å². The number of aromatic amines is 1. The van der Waals surface area contributed by atoms with Crippen molar-refractivity contribution in [2.45, 2.75) is 25.2 Å². The molecule has 0 radical (unpaired) electrons. The highest BCUT2D eigenvalue weighted by atomic mass is 19.4. The number of hydrogen-bond acceptors (Lipinski definition) is 4.